The molecule has 3 rings (SSSR count). The first-order chi connectivity index (χ1) is 10.3. The smallest absolute Gasteiger partial charge is 0.361 e. The Morgan fingerprint density at radius 1 is 1.45 bits per heavy atom. The molecule has 6 nitrogen and oxygen atoms in total. The Balaban J connectivity index is 1.85. The van der Waals surface area contributed by atoms with Crippen LogP contribution >= 0.6 is 0 Å². The van der Waals surface area contributed by atoms with E-state index in [0.717, 1.165) is 0 Å². The molecule has 0 unspecified atom stereocenters. The number of halogens is 3. The number of hydrogen-bond acceptors (Lipinski definition) is 5. The Morgan fingerprint density at radius 3 is 2.86 bits per heavy atom. The van der Waals surface area contributed by atoms with Crippen LogP contribution in [0.25, 0.3) is 0 Å². The summed E-state index contributed by atoms with van der Waals surface area (Å²) in [6.45, 7) is 2.93. The molecule has 118 valence electrons. The largest absolute Gasteiger partial charge is 0.449 e. The van der Waals surface area contributed by atoms with Crippen molar-refractivity contribution in [1.29, 1.82) is 0 Å². The highest BCUT2D eigenvalue weighted by Crippen LogP contribution is 2.26. The van der Waals surface area contributed by atoms with Gasteiger partial charge in [-0.15, -0.1) is 0 Å². The summed E-state index contributed by atoms with van der Waals surface area (Å²) in [6.07, 6.45) is -4.31. The molecular weight excluding hydrogens is 301 g/mol. The number of aryl methyl sites for hydroxylation is 1. The van der Waals surface area contributed by atoms with Crippen LogP contribution in [0.3, 0.4) is 0 Å². The van der Waals surface area contributed by atoms with E-state index in [0.29, 0.717) is 36.5 Å². The van der Waals surface area contributed by atoms with E-state index in [1.165, 1.54) is 0 Å². The number of nitrogens with zero attached hydrogens (tertiary/aromatic N) is 3. The molecule has 0 amide bonds. The van der Waals surface area contributed by atoms with Gasteiger partial charge in [0.25, 0.3) is 5.56 Å². The molecule has 0 saturated heterocycles. The minimum absolute atomic E-state index is 0.169. The summed E-state index contributed by atoms with van der Waals surface area (Å²) < 4.78 is 43.1. The number of aromatic nitrogens is 3. The fourth-order valence-corrected chi connectivity index (χ4v) is 2.48. The van der Waals surface area contributed by atoms with Crippen molar-refractivity contribution in [3.05, 3.63) is 45.0 Å². The highest BCUT2D eigenvalue weighted by molar-refractivity contribution is 5.22. The van der Waals surface area contributed by atoms with Gasteiger partial charge in [-0.2, -0.15) is 13.2 Å². The van der Waals surface area contributed by atoms with Crippen molar-refractivity contribution in [2.45, 2.75) is 32.6 Å². The average Bonchev–Trinajstić information content (AvgIpc) is 2.82. The third-order valence-electron chi connectivity index (χ3n) is 3.48. The third kappa shape index (κ3) is 2.89. The average molecular weight is 314 g/mol. The molecule has 9 heteroatoms. The molecule has 3 heterocycles. The summed E-state index contributed by atoms with van der Waals surface area (Å²) in [4.78, 5) is 19.0. The number of fused-ring (bicyclic) bond motifs is 1. The van der Waals surface area contributed by atoms with Gasteiger partial charge in [0.15, 0.2) is 0 Å². The maximum absolute atomic E-state index is 12.7. The lowest BCUT2D eigenvalue weighted by atomic mass is 10.1. The van der Waals surface area contributed by atoms with Crippen LogP contribution in [0.1, 0.15) is 28.5 Å². The van der Waals surface area contributed by atoms with Crippen LogP contribution in [0.2, 0.25) is 0 Å². The van der Waals surface area contributed by atoms with E-state index in [2.05, 4.69) is 10.1 Å². The summed E-state index contributed by atoms with van der Waals surface area (Å²) in [5, 5.41) is 3.86. The highest BCUT2D eigenvalue weighted by atomic mass is 19.4. The van der Waals surface area contributed by atoms with Gasteiger partial charge in [0.2, 0.25) is 5.82 Å². The lowest BCUT2D eigenvalue weighted by molar-refractivity contribution is -0.145. The molecule has 1 N–H and O–H groups in total. The lowest BCUT2D eigenvalue weighted by Crippen LogP contribution is -2.36. The molecule has 0 saturated carbocycles. The van der Waals surface area contributed by atoms with Crippen molar-refractivity contribution < 1.29 is 17.7 Å². The van der Waals surface area contributed by atoms with Crippen molar-refractivity contribution in [2.24, 2.45) is 0 Å². The molecule has 0 fully saturated rings. The number of H-pyrrole nitrogens is 1. The Labute approximate surface area is 122 Å². The second-order valence-electron chi connectivity index (χ2n) is 5.23. The fraction of sp³-hybridized carbons (Fsp3) is 0.462. The van der Waals surface area contributed by atoms with Gasteiger partial charge in [-0.1, -0.05) is 5.16 Å². The van der Waals surface area contributed by atoms with Gasteiger partial charge in [-0.05, 0) is 13.3 Å². The monoisotopic (exact) mass is 314 g/mol. The molecule has 22 heavy (non-hydrogen) atoms. The van der Waals surface area contributed by atoms with Crippen molar-refractivity contribution in [1.82, 2.24) is 20.0 Å². The summed E-state index contributed by atoms with van der Waals surface area (Å²) in [6, 6.07) is 1.77. The molecule has 1 aliphatic rings. The summed E-state index contributed by atoms with van der Waals surface area (Å²) in [5.41, 5.74) is 0.471. The van der Waals surface area contributed by atoms with Crippen LogP contribution in [-0.2, 0) is 25.7 Å². The number of aromatic amines is 1. The van der Waals surface area contributed by atoms with Crippen LogP contribution < -0.4 is 5.56 Å². The van der Waals surface area contributed by atoms with Gasteiger partial charge in [0.05, 0.1) is 11.4 Å². The summed E-state index contributed by atoms with van der Waals surface area (Å²) in [7, 11) is 0. The Kier molecular flexibility index (Phi) is 3.51. The lowest BCUT2D eigenvalue weighted by Gasteiger charge is -2.26. The number of nitrogens with one attached hydrogen (secondary N) is 1. The first-order valence-electron chi connectivity index (χ1n) is 6.67. The molecule has 0 radical (unpaired) electrons. The Hall–Kier alpha value is -2.16. The van der Waals surface area contributed by atoms with Crippen molar-refractivity contribution >= 4 is 0 Å². The fourth-order valence-electron chi connectivity index (χ4n) is 2.48. The zero-order valence-electron chi connectivity index (χ0n) is 11.7. The van der Waals surface area contributed by atoms with E-state index in [-0.39, 0.29) is 12.2 Å². The number of rotatable bonds is 2. The van der Waals surface area contributed by atoms with E-state index >= 15 is 0 Å². The maximum Gasteiger partial charge on any atom is 0.449 e. The zero-order valence-corrected chi connectivity index (χ0v) is 11.7. The molecule has 0 aliphatic carbocycles. The topological polar surface area (TPSA) is 75.0 Å². The second kappa shape index (κ2) is 5.24. The first kappa shape index (κ1) is 14.8. The standard InChI is InChI=1S/C13H13F3N4O2/c1-7-4-8(19-22-7)5-20-3-2-9-10(6-20)17-12(13(14,15)16)18-11(9)21/h4H,2-3,5-6H2,1H3,(H,17,18,21). The van der Waals surface area contributed by atoms with E-state index in [1.807, 2.05) is 4.90 Å². The molecule has 2 aromatic heterocycles. The van der Waals surface area contributed by atoms with Gasteiger partial charge < -0.3 is 9.51 Å². The zero-order chi connectivity index (χ0) is 15.9. The van der Waals surface area contributed by atoms with Crippen molar-refractivity contribution in [3.8, 4) is 0 Å². The minimum atomic E-state index is -4.67. The van der Waals surface area contributed by atoms with E-state index in [1.54, 1.807) is 18.0 Å². The molecule has 0 spiro atoms. The van der Waals surface area contributed by atoms with E-state index < -0.39 is 17.6 Å². The maximum atomic E-state index is 12.7. The molecule has 0 aromatic carbocycles. The van der Waals surface area contributed by atoms with Crippen LogP contribution in [0.5, 0.6) is 0 Å². The highest BCUT2D eigenvalue weighted by Gasteiger charge is 2.36. The third-order valence-corrected chi connectivity index (χ3v) is 3.48. The summed E-state index contributed by atoms with van der Waals surface area (Å²) >= 11 is 0. The SMILES string of the molecule is Cc1cc(CN2CCc3c(nc(C(F)(F)F)[nH]c3=O)C2)no1. The van der Waals surface area contributed by atoms with Crippen molar-refractivity contribution in [2.75, 3.05) is 6.54 Å². The Bertz CT molecular complexity index is 750. The second-order valence-corrected chi connectivity index (χ2v) is 5.23. The summed E-state index contributed by atoms with van der Waals surface area (Å²) in [5.74, 6) is -0.586. The van der Waals surface area contributed by atoms with Gasteiger partial charge in [-0.3, -0.25) is 9.69 Å². The van der Waals surface area contributed by atoms with Crippen LogP contribution in [0.15, 0.2) is 15.4 Å². The van der Waals surface area contributed by atoms with E-state index in [9.17, 15) is 18.0 Å². The van der Waals surface area contributed by atoms with Gasteiger partial charge >= 0.3 is 6.18 Å². The minimum Gasteiger partial charge on any atom is -0.361 e. The van der Waals surface area contributed by atoms with Crippen LogP contribution in [0, 0.1) is 6.92 Å². The molecule has 2 aromatic rings. The van der Waals surface area contributed by atoms with E-state index in [4.69, 9.17) is 4.52 Å². The molecule has 1 aliphatic heterocycles. The molecular formula is C13H13F3N4O2. The van der Waals surface area contributed by atoms with Crippen molar-refractivity contribution in [3.63, 3.8) is 0 Å². The molecule has 0 atom stereocenters. The Morgan fingerprint density at radius 2 is 2.23 bits per heavy atom. The normalized spacial score (nSPS) is 15.8. The molecule has 0 bridgehead atoms. The van der Waals surface area contributed by atoms with Gasteiger partial charge in [0.1, 0.15) is 5.76 Å². The van der Waals surface area contributed by atoms with Gasteiger partial charge in [-0.25, -0.2) is 4.98 Å². The van der Waals surface area contributed by atoms with Crippen LogP contribution in [-0.4, -0.2) is 26.6 Å². The number of alkyl halides is 3. The van der Waals surface area contributed by atoms with Gasteiger partial charge in [0, 0.05) is 31.3 Å². The quantitative estimate of drug-likeness (QED) is 0.912. The van der Waals surface area contributed by atoms with Crippen LogP contribution in [0.4, 0.5) is 13.2 Å². The number of hydrogen-bond donors (Lipinski definition) is 1. The first-order valence-corrected chi connectivity index (χ1v) is 6.67. The predicted molar refractivity (Wildman–Crippen MR) is 68.9 cm³/mol. The predicted octanol–water partition coefficient (Wildman–Crippen LogP) is 1.64.